The SMILES string of the molecule is Cc1ccccc1C(C)(N)c1cccc2cnccc12. The van der Waals surface area contributed by atoms with E-state index in [1.807, 2.05) is 36.7 Å². The van der Waals surface area contributed by atoms with E-state index in [1.165, 1.54) is 5.56 Å². The van der Waals surface area contributed by atoms with Gasteiger partial charge in [-0.3, -0.25) is 4.98 Å². The van der Waals surface area contributed by atoms with Crippen molar-refractivity contribution in [3.05, 3.63) is 77.6 Å². The molecule has 0 spiro atoms. The van der Waals surface area contributed by atoms with Gasteiger partial charge in [-0.25, -0.2) is 0 Å². The van der Waals surface area contributed by atoms with Crippen LogP contribution in [0.25, 0.3) is 10.8 Å². The summed E-state index contributed by atoms with van der Waals surface area (Å²) in [6.45, 7) is 4.18. The quantitative estimate of drug-likeness (QED) is 0.763. The monoisotopic (exact) mass is 262 g/mol. The van der Waals surface area contributed by atoms with Crippen molar-refractivity contribution in [2.24, 2.45) is 5.73 Å². The van der Waals surface area contributed by atoms with Crippen LogP contribution in [0.15, 0.2) is 60.9 Å². The highest BCUT2D eigenvalue weighted by atomic mass is 14.7. The van der Waals surface area contributed by atoms with Crippen LogP contribution in [0.2, 0.25) is 0 Å². The third-order valence-electron chi connectivity index (χ3n) is 3.94. The Kier molecular flexibility index (Phi) is 3.03. The first-order chi connectivity index (χ1) is 9.60. The lowest BCUT2D eigenvalue weighted by molar-refractivity contribution is 0.604. The first kappa shape index (κ1) is 12.8. The van der Waals surface area contributed by atoms with Crippen molar-refractivity contribution in [1.82, 2.24) is 4.98 Å². The van der Waals surface area contributed by atoms with E-state index in [4.69, 9.17) is 5.73 Å². The maximum atomic E-state index is 6.71. The second-order valence-electron chi connectivity index (χ2n) is 5.42. The molecule has 0 aliphatic rings. The number of rotatable bonds is 2. The number of hydrogen-bond donors (Lipinski definition) is 1. The van der Waals surface area contributed by atoms with Gasteiger partial charge in [0.2, 0.25) is 0 Å². The van der Waals surface area contributed by atoms with E-state index in [9.17, 15) is 0 Å². The lowest BCUT2D eigenvalue weighted by Crippen LogP contribution is -2.35. The lowest BCUT2D eigenvalue weighted by atomic mass is 9.81. The molecule has 20 heavy (non-hydrogen) atoms. The highest BCUT2D eigenvalue weighted by Crippen LogP contribution is 2.33. The van der Waals surface area contributed by atoms with Gasteiger partial charge in [0.1, 0.15) is 0 Å². The second kappa shape index (κ2) is 4.73. The average Bonchev–Trinajstić information content (AvgIpc) is 2.47. The van der Waals surface area contributed by atoms with Crippen molar-refractivity contribution in [3.8, 4) is 0 Å². The number of pyridine rings is 1. The van der Waals surface area contributed by atoms with E-state index >= 15 is 0 Å². The Morgan fingerprint density at radius 2 is 1.70 bits per heavy atom. The van der Waals surface area contributed by atoms with Crippen LogP contribution in [0, 0.1) is 6.92 Å². The second-order valence-corrected chi connectivity index (χ2v) is 5.42. The Bertz CT molecular complexity index is 755. The molecule has 2 aromatic carbocycles. The number of nitrogens with zero attached hydrogens (tertiary/aromatic N) is 1. The van der Waals surface area contributed by atoms with Gasteiger partial charge in [0.05, 0.1) is 5.54 Å². The number of fused-ring (bicyclic) bond motifs is 1. The predicted molar refractivity (Wildman–Crippen MR) is 83.6 cm³/mol. The molecule has 0 radical (unpaired) electrons. The number of hydrogen-bond acceptors (Lipinski definition) is 2. The van der Waals surface area contributed by atoms with Gasteiger partial charge in [-0.1, -0.05) is 42.5 Å². The maximum absolute atomic E-state index is 6.71. The summed E-state index contributed by atoms with van der Waals surface area (Å²) in [5.41, 5.74) is 9.68. The van der Waals surface area contributed by atoms with Crippen LogP contribution in [-0.4, -0.2) is 4.98 Å². The molecule has 0 saturated heterocycles. The van der Waals surface area contributed by atoms with Crippen LogP contribution < -0.4 is 5.73 Å². The molecule has 0 amide bonds. The smallest absolute Gasteiger partial charge is 0.0645 e. The molecule has 3 rings (SSSR count). The highest BCUT2D eigenvalue weighted by Gasteiger charge is 2.26. The summed E-state index contributed by atoms with van der Waals surface area (Å²) in [6, 6.07) is 16.6. The van der Waals surface area contributed by atoms with E-state index in [1.54, 1.807) is 0 Å². The molecule has 0 aliphatic carbocycles. The third kappa shape index (κ3) is 1.98. The first-order valence-corrected chi connectivity index (χ1v) is 6.79. The minimum atomic E-state index is -0.522. The fraction of sp³-hybridized carbons (Fsp3) is 0.167. The van der Waals surface area contributed by atoms with Crippen LogP contribution in [-0.2, 0) is 5.54 Å². The summed E-state index contributed by atoms with van der Waals surface area (Å²) in [4.78, 5) is 4.19. The van der Waals surface area contributed by atoms with E-state index in [0.29, 0.717) is 0 Å². The molecule has 0 bridgehead atoms. The topological polar surface area (TPSA) is 38.9 Å². The average molecular weight is 262 g/mol. The molecule has 1 atom stereocenters. The van der Waals surface area contributed by atoms with Gasteiger partial charge in [0.25, 0.3) is 0 Å². The minimum Gasteiger partial charge on any atom is -0.318 e. The van der Waals surface area contributed by atoms with Crippen molar-refractivity contribution >= 4 is 10.8 Å². The van der Waals surface area contributed by atoms with Gasteiger partial charge in [-0.15, -0.1) is 0 Å². The predicted octanol–water partition coefficient (Wildman–Crippen LogP) is 3.77. The Balaban J connectivity index is 2.27. The highest BCUT2D eigenvalue weighted by molar-refractivity contribution is 5.86. The molecule has 2 nitrogen and oxygen atoms in total. The molecule has 100 valence electrons. The van der Waals surface area contributed by atoms with E-state index in [2.05, 4.69) is 43.1 Å². The summed E-state index contributed by atoms with van der Waals surface area (Å²) >= 11 is 0. The summed E-state index contributed by atoms with van der Waals surface area (Å²) in [5.74, 6) is 0. The van der Waals surface area contributed by atoms with Crippen LogP contribution in [0.1, 0.15) is 23.6 Å². The number of nitrogens with two attached hydrogens (primary N) is 1. The largest absolute Gasteiger partial charge is 0.318 e. The zero-order valence-electron chi connectivity index (χ0n) is 11.8. The zero-order valence-corrected chi connectivity index (χ0v) is 11.8. The Hall–Kier alpha value is -2.19. The van der Waals surface area contributed by atoms with Crippen molar-refractivity contribution in [3.63, 3.8) is 0 Å². The molecule has 1 unspecified atom stereocenters. The van der Waals surface area contributed by atoms with Crippen molar-refractivity contribution in [1.29, 1.82) is 0 Å². The Labute approximate surface area is 119 Å². The van der Waals surface area contributed by atoms with E-state index in [0.717, 1.165) is 21.9 Å². The summed E-state index contributed by atoms with van der Waals surface area (Å²) < 4.78 is 0. The molecule has 1 heterocycles. The molecule has 3 aromatic rings. The molecular weight excluding hydrogens is 244 g/mol. The van der Waals surface area contributed by atoms with Gasteiger partial charge in [-0.05, 0) is 42.0 Å². The van der Waals surface area contributed by atoms with Crippen molar-refractivity contribution < 1.29 is 0 Å². The van der Waals surface area contributed by atoms with Gasteiger partial charge < -0.3 is 5.73 Å². The van der Waals surface area contributed by atoms with E-state index < -0.39 is 5.54 Å². The van der Waals surface area contributed by atoms with Gasteiger partial charge in [-0.2, -0.15) is 0 Å². The van der Waals surface area contributed by atoms with E-state index in [-0.39, 0.29) is 0 Å². The number of aryl methyl sites for hydroxylation is 1. The molecule has 0 saturated carbocycles. The molecule has 2 heteroatoms. The number of aromatic nitrogens is 1. The summed E-state index contributed by atoms with van der Waals surface area (Å²) in [6.07, 6.45) is 3.70. The number of benzene rings is 2. The molecule has 0 aliphatic heterocycles. The van der Waals surface area contributed by atoms with Crippen LogP contribution in [0.5, 0.6) is 0 Å². The molecule has 2 N–H and O–H groups in total. The zero-order chi connectivity index (χ0) is 14.2. The van der Waals surface area contributed by atoms with Crippen LogP contribution in [0.4, 0.5) is 0 Å². The van der Waals surface area contributed by atoms with Gasteiger partial charge in [0, 0.05) is 17.8 Å². The fourth-order valence-electron chi connectivity index (χ4n) is 2.88. The summed E-state index contributed by atoms with van der Waals surface area (Å²) in [7, 11) is 0. The first-order valence-electron chi connectivity index (χ1n) is 6.79. The molecule has 1 aromatic heterocycles. The maximum Gasteiger partial charge on any atom is 0.0645 e. The Morgan fingerprint density at radius 1 is 0.950 bits per heavy atom. The van der Waals surface area contributed by atoms with Crippen LogP contribution in [0.3, 0.4) is 0 Å². The Morgan fingerprint density at radius 3 is 2.50 bits per heavy atom. The van der Waals surface area contributed by atoms with Gasteiger partial charge >= 0.3 is 0 Å². The van der Waals surface area contributed by atoms with Gasteiger partial charge in [0.15, 0.2) is 0 Å². The fourth-order valence-corrected chi connectivity index (χ4v) is 2.88. The molecular formula is C18H18N2. The minimum absolute atomic E-state index is 0.522. The van der Waals surface area contributed by atoms with Crippen molar-refractivity contribution in [2.45, 2.75) is 19.4 Å². The standard InChI is InChI=1S/C18H18N2/c1-13-6-3-4-8-16(13)18(2,19)17-9-5-7-14-12-20-11-10-15(14)17/h3-12H,19H2,1-2H3. The van der Waals surface area contributed by atoms with Crippen LogP contribution >= 0.6 is 0 Å². The van der Waals surface area contributed by atoms with Crippen molar-refractivity contribution in [2.75, 3.05) is 0 Å². The molecule has 0 fully saturated rings. The summed E-state index contributed by atoms with van der Waals surface area (Å²) in [5, 5.41) is 2.28. The third-order valence-corrected chi connectivity index (χ3v) is 3.94. The normalized spacial score (nSPS) is 14.2. The lowest BCUT2D eigenvalue weighted by Gasteiger charge is -2.29.